The van der Waals surface area contributed by atoms with E-state index in [1.165, 1.54) is 135 Å². The first-order valence-corrected chi connectivity index (χ1v) is 31.4. The minimum absolute atomic E-state index is 0.0354. The number of unbranched alkanes of at least 4 members (excludes halogenated alkanes) is 25. The van der Waals surface area contributed by atoms with E-state index < -0.39 is 32.5 Å². The van der Waals surface area contributed by atoms with Crippen LogP contribution in [-0.2, 0) is 27.9 Å². The van der Waals surface area contributed by atoms with Gasteiger partial charge >= 0.3 is 5.97 Å². The van der Waals surface area contributed by atoms with Crippen molar-refractivity contribution in [2.75, 3.05) is 40.9 Å². The Bertz CT molecular complexity index is 1530. The van der Waals surface area contributed by atoms with Gasteiger partial charge in [-0.3, -0.25) is 14.2 Å². The molecular formula is C63H113N2O7P. The number of carbonyl (C=O) groups is 2. The molecule has 1 N–H and O–H groups in total. The molecule has 0 saturated heterocycles. The second kappa shape index (κ2) is 52.6. The van der Waals surface area contributed by atoms with Crippen molar-refractivity contribution in [1.82, 2.24) is 5.32 Å². The van der Waals surface area contributed by atoms with Crippen LogP contribution in [0.3, 0.4) is 0 Å². The van der Waals surface area contributed by atoms with E-state index in [0.29, 0.717) is 23.9 Å². The van der Waals surface area contributed by atoms with E-state index in [4.69, 9.17) is 13.8 Å². The number of rotatable bonds is 53. The van der Waals surface area contributed by atoms with Gasteiger partial charge in [-0.15, -0.1) is 0 Å². The summed E-state index contributed by atoms with van der Waals surface area (Å²) in [6.07, 6.45) is 68.5. The fraction of sp³-hybridized carbons (Fsp3) is 0.746. The lowest BCUT2D eigenvalue weighted by Crippen LogP contribution is -2.47. The maximum atomic E-state index is 13.5. The molecule has 0 bridgehead atoms. The Morgan fingerprint density at radius 1 is 0.493 bits per heavy atom. The zero-order valence-corrected chi connectivity index (χ0v) is 49.0. The Kier molecular flexibility index (Phi) is 50.6. The van der Waals surface area contributed by atoms with E-state index in [1.54, 1.807) is 6.08 Å². The van der Waals surface area contributed by atoms with Crippen LogP contribution in [0.25, 0.3) is 0 Å². The van der Waals surface area contributed by atoms with Crippen molar-refractivity contribution in [3.05, 3.63) is 85.1 Å². The monoisotopic (exact) mass is 1040 g/mol. The summed E-state index contributed by atoms with van der Waals surface area (Å²) in [5, 5.41) is 3.01. The first-order valence-electron chi connectivity index (χ1n) is 29.9. The van der Waals surface area contributed by atoms with Crippen molar-refractivity contribution in [2.24, 2.45) is 0 Å². The van der Waals surface area contributed by atoms with Crippen LogP contribution in [0.2, 0.25) is 0 Å². The third-order valence-corrected chi connectivity index (χ3v) is 13.8. The van der Waals surface area contributed by atoms with Gasteiger partial charge in [0.1, 0.15) is 19.3 Å². The van der Waals surface area contributed by atoms with Gasteiger partial charge < -0.3 is 28.5 Å². The Balaban J connectivity index is 5.42. The summed E-state index contributed by atoms with van der Waals surface area (Å²) in [7, 11) is 1.14. The molecule has 0 aromatic heterocycles. The predicted octanol–water partition coefficient (Wildman–Crippen LogP) is 17.6. The third-order valence-electron chi connectivity index (χ3n) is 12.9. The van der Waals surface area contributed by atoms with Crippen molar-refractivity contribution in [3.63, 3.8) is 0 Å². The maximum absolute atomic E-state index is 13.5. The highest BCUT2D eigenvalue weighted by Crippen LogP contribution is 2.38. The van der Waals surface area contributed by atoms with E-state index in [-0.39, 0.29) is 18.9 Å². The van der Waals surface area contributed by atoms with E-state index >= 15 is 0 Å². The molecule has 0 spiro atoms. The summed E-state index contributed by atoms with van der Waals surface area (Å²) >= 11 is 0. The SMILES string of the molecule is CC/C=C\C/C=C\C/C=C\C/C=C\C/C=C\C/C=C\CCC(=O)OC(/C=C/CCCCCCCCCCCC)C(COP(=O)([O-])OCC[N+](C)(C)C)NC(=O)CCCCCCCCCCCCCCCCCC. The highest BCUT2D eigenvalue weighted by molar-refractivity contribution is 7.45. The molecule has 0 aliphatic carbocycles. The van der Waals surface area contributed by atoms with Gasteiger partial charge in [-0.05, 0) is 70.3 Å². The van der Waals surface area contributed by atoms with Crippen LogP contribution in [0.15, 0.2) is 85.1 Å². The van der Waals surface area contributed by atoms with Gasteiger partial charge in [-0.25, -0.2) is 0 Å². The fourth-order valence-electron chi connectivity index (χ4n) is 8.25. The molecule has 0 aliphatic heterocycles. The molecule has 0 fully saturated rings. The van der Waals surface area contributed by atoms with Crippen LogP contribution in [0.4, 0.5) is 0 Å². The first-order chi connectivity index (χ1) is 35.4. The number of nitrogens with zero attached hydrogens (tertiary/aromatic N) is 1. The number of phosphoric acid groups is 1. The van der Waals surface area contributed by atoms with Crippen molar-refractivity contribution in [3.8, 4) is 0 Å². The standard InChI is InChI=1S/C63H113N2O7P/c1-7-10-13-16-19-22-25-28-30-32-33-34-36-38-41-44-47-50-53-56-63(67)72-61(54-51-48-45-42-39-27-24-21-18-15-12-9-3)60(59-71-73(68,69)70-58-57-65(4,5)6)64-62(66)55-52-49-46-43-40-37-35-31-29-26-23-20-17-14-11-8-2/h10,13,19,22,28,30,33-34,38,41,47,50-51,54,60-61H,7-9,11-12,14-18,20-21,23-27,29,31-32,35-37,39-40,42-46,48-49,52-53,55-59H2,1-6H3,(H-,64,66,68,69)/b13-10-,22-19-,30-28-,34-33-,41-38-,50-47-,54-51+. The molecule has 9 nitrogen and oxygen atoms in total. The molecule has 0 aromatic rings. The molecule has 0 aromatic carbocycles. The average Bonchev–Trinajstić information content (AvgIpc) is 3.35. The number of esters is 1. The number of ether oxygens (including phenoxy) is 1. The molecule has 0 aliphatic rings. The Morgan fingerprint density at radius 3 is 1.32 bits per heavy atom. The summed E-state index contributed by atoms with van der Waals surface area (Å²) < 4.78 is 30.2. The van der Waals surface area contributed by atoms with Gasteiger partial charge in [0.15, 0.2) is 0 Å². The number of nitrogens with one attached hydrogen (secondary N) is 1. The molecule has 0 radical (unpaired) electrons. The number of carbonyl (C=O) groups excluding carboxylic acids is 2. The number of likely N-dealkylation sites (N-methyl/N-ethyl adjacent to an activating group) is 1. The van der Waals surface area contributed by atoms with Crippen molar-refractivity contribution in [2.45, 2.75) is 264 Å². The van der Waals surface area contributed by atoms with Gasteiger partial charge in [0.2, 0.25) is 5.91 Å². The first kappa shape index (κ1) is 70.2. The molecule has 422 valence electrons. The number of allylic oxidation sites excluding steroid dienone is 13. The van der Waals surface area contributed by atoms with Gasteiger partial charge in [-0.1, -0.05) is 254 Å². The molecule has 0 rings (SSSR count). The van der Waals surface area contributed by atoms with E-state index in [9.17, 15) is 19.0 Å². The average molecular weight is 1040 g/mol. The second-order valence-corrected chi connectivity index (χ2v) is 22.5. The summed E-state index contributed by atoms with van der Waals surface area (Å²) in [5.74, 6) is -0.637. The van der Waals surface area contributed by atoms with Crippen LogP contribution in [0.5, 0.6) is 0 Å². The van der Waals surface area contributed by atoms with Gasteiger partial charge in [0.05, 0.1) is 33.8 Å². The molecule has 73 heavy (non-hydrogen) atoms. The summed E-state index contributed by atoms with van der Waals surface area (Å²) in [5.41, 5.74) is 0. The molecular weight excluding hydrogens is 928 g/mol. The number of hydrogen-bond donors (Lipinski definition) is 1. The quantitative estimate of drug-likeness (QED) is 0.0212. The molecule has 3 unspecified atom stereocenters. The molecule has 0 heterocycles. The molecule has 10 heteroatoms. The van der Waals surface area contributed by atoms with Crippen molar-refractivity contribution < 1.29 is 37.3 Å². The molecule has 0 saturated carbocycles. The van der Waals surface area contributed by atoms with Gasteiger partial charge in [-0.2, -0.15) is 0 Å². The van der Waals surface area contributed by atoms with Gasteiger partial charge in [0.25, 0.3) is 7.82 Å². The number of hydrogen-bond acceptors (Lipinski definition) is 7. The number of amides is 1. The van der Waals surface area contributed by atoms with Crippen LogP contribution >= 0.6 is 7.82 Å². The smallest absolute Gasteiger partial charge is 0.306 e. The van der Waals surface area contributed by atoms with Crippen molar-refractivity contribution >= 4 is 19.7 Å². The minimum Gasteiger partial charge on any atom is -0.756 e. The van der Waals surface area contributed by atoms with E-state index in [0.717, 1.165) is 77.0 Å². The summed E-state index contributed by atoms with van der Waals surface area (Å²) in [6.45, 7) is 6.68. The van der Waals surface area contributed by atoms with E-state index in [2.05, 4.69) is 86.8 Å². The Labute approximate surface area is 450 Å². The van der Waals surface area contributed by atoms with Crippen LogP contribution in [-0.4, -0.2) is 69.4 Å². The lowest BCUT2D eigenvalue weighted by molar-refractivity contribution is -0.870. The van der Waals surface area contributed by atoms with Crippen LogP contribution < -0.4 is 10.2 Å². The normalized spacial score (nSPS) is 14.3. The lowest BCUT2D eigenvalue weighted by Gasteiger charge is -2.30. The highest BCUT2D eigenvalue weighted by atomic mass is 31.2. The van der Waals surface area contributed by atoms with E-state index in [1.807, 2.05) is 39.4 Å². The summed E-state index contributed by atoms with van der Waals surface area (Å²) in [4.78, 5) is 39.9. The highest BCUT2D eigenvalue weighted by Gasteiger charge is 2.27. The van der Waals surface area contributed by atoms with Gasteiger partial charge in [0, 0.05) is 12.8 Å². The number of phosphoric ester groups is 1. The summed E-state index contributed by atoms with van der Waals surface area (Å²) in [6, 6.07) is -0.920. The molecule has 1 amide bonds. The third kappa shape index (κ3) is 53.8. The van der Waals surface area contributed by atoms with Crippen molar-refractivity contribution in [1.29, 1.82) is 0 Å². The molecule has 3 atom stereocenters. The Morgan fingerprint density at radius 2 is 0.890 bits per heavy atom. The Hall–Kier alpha value is -2.81. The predicted molar refractivity (Wildman–Crippen MR) is 311 cm³/mol. The van der Waals surface area contributed by atoms with Crippen LogP contribution in [0.1, 0.15) is 252 Å². The zero-order chi connectivity index (χ0) is 53.6. The zero-order valence-electron chi connectivity index (χ0n) is 48.1. The largest absolute Gasteiger partial charge is 0.756 e. The maximum Gasteiger partial charge on any atom is 0.306 e. The number of quaternary nitrogens is 1. The fourth-order valence-corrected chi connectivity index (χ4v) is 8.98. The topological polar surface area (TPSA) is 114 Å². The minimum atomic E-state index is -4.71. The lowest BCUT2D eigenvalue weighted by atomic mass is 10.0. The second-order valence-electron chi connectivity index (χ2n) is 21.1. The van der Waals surface area contributed by atoms with Crippen LogP contribution in [0, 0.1) is 0 Å².